The molecule has 154 valence electrons. The number of thioether (sulfide) groups is 1. The van der Waals surface area contributed by atoms with E-state index in [0.29, 0.717) is 31.9 Å². The summed E-state index contributed by atoms with van der Waals surface area (Å²) in [5.41, 5.74) is 0.658. The van der Waals surface area contributed by atoms with Gasteiger partial charge in [0.1, 0.15) is 10.8 Å². The molecule has 0 spiro atoms. The first-order valence-corrected chi connectivity index (χ1v) is 9.77. The van der Waals surface area contributed by atoms with Crippen molar-refractivity contribution in [3.63, 3.8) is 0 Å². The van der Waals surface area contributed by atoms with Crippen molar-refractivity contribution in [1.29, 1.82) is 0 Å². The molecule has 0 aliphatic carbocycles. The Bertz CT molecular complexity index is 859. The monoisotopic (exact) mass is 424 g/mol. The third-order valence-corrected chi connectivity index (χ3v) is 5.08. The number of rotatable bonds is 6. The molecule has 1 aromatic heterocycles. The molecule has 0 radical (unpaired) electrons. The van der Waals surface area contributed by atoms with Gasteiger partial charge in [-0.05, 0) is 48.2 Å². The number of hydrogen-bond donors (Lipinski definition) is 1. The fourth-order valence-electron chi connectivity index (χ4n) is 2.95. The third-order valence-electron chi connectivity index (χ3n) is 4.36. The highest BCUT2D eigenvalue weighted by Gasteiger charge is 2.26. The average molecular weight is 424 g/mol. The van der Waals surface area contributed by atoms with E-state index < -0.39 is 5.76 Å². The van der Waals surface area contributed by atoms with Gasteiger partial charge in [0, 0.05) is 38.1 Å². The Hall–Kier alpha value is -2.59. The number of halogens is 3. The van der Waals surface area contributed by atoms with Crippen LogP contribution in [-0.2, 0) is 4.79 Å². The van der Waals surface area contributed by atoms with E-state index in [4.69, 9.17) is 0 Å². The van der Waals surface area contributed by atoms with Crippen molar-refractivity contribution in [2.75, 3.05) is 38.0 Å². The largest absolute Gasteiger partial charge is 0.336 e. The van der Waals surface area contributed by atoms with Crippen molar-refractivity contribution in [2.45, 2.75) is 10.8 Å². The number of pyridine rings is 1. The number of anilines is 1. The van der Waals surface area contributed by atoms with Gasteiger partial charge in [0.05, 0.1) is 12.1 Å². The molecule has 1 N–H and O–H groups in total. The zero-order valence-electron chi connectivity index (χ0n) is 15.4. The van der Waals surface area contributed by atoms with Gasteiger partial charge >= 0.3 is 0 Å². The van der Waals surface area contributed by atoms with Gasteiger partial charge in [0.15, 0.2) is 0 Å². The molecule has 2 heterocycles. The summed E-state index contributed by atoms with van der Waals surface area (Å²) in [6.07, 6.45) is 1.37. The minimum Gasteiger partial charge on any atom is -0.336 e. The lowest BCUT2D eigenvalue weighted by Gasteiger charge is -2.34. The molecule has 0 atom stereocenters. The van der Waals surface area contributed by atoms with Gasteiger partial charge in [-0.2, -0.15) is 8.78 Å². The van der Waals surface area contributed by atoms with E-state index >= 15 is 0 Å². The summed E-state index contributed by atoms with van der Waals surface area (Å²) >= 11 is 0.249. The highest BCUT2D eigenvalue weighted by molar-refractivity contribution is 7.99. The van der Waals surface area contributed by atoms with Crippen molar-refractivity contribution in [3.8, 4) is 0 Å². The maximum atomic E-state index is 12.9. The Balaban J connectivity index is 1.52. The van der Waals surface area contributed by atoms with Crippen LogP contribution in [0.25, 0.3) is 0 Å². The first-order chi connectivity index (χ1) is 13.9. The number of carbonyl (C=O) groups excluding carboxylic acids is 2. The summed E-state index contributed by atoms with van der Waals surface area (Å²) < 4.78 is 38.3. The number of nitrogens with one attached hydrogen (secondary N) is 1. The molecule has 1 aliphatic heterocycles. The summed E-state index contributed by atoms with van der Waals surface area (Å²) in [6.45, 7) is 1.83. The van der Waals surface area contributed by atoms with Crippen LogP contribution in [0.2, 0.25) is 0 Å². The number of piperazine rings is 1. The predicted molar refractivity (Wildman–Crippen MR) is 103 cm³/mol. The molecule has 1 aliphatic rings. The highest BCUT2D eigenvalue weighted by atomic mass is 32.2. The maximum absolute atomic E-state index is 12.9. The smallest absolute Gasteiger partial charge is 0.290 e. The highest BCUT2D eigenvalue weighted by Crippen LogP contribution is 2.27. The van der Waals surface area contributed by atoms with Crippen LogP contribution in [0.4, 0.5) is 18.9 Å². The van der Waals surface area contributed by atoms with Crippen LogP contribution in [0, 0.1) is 5.82 Å². The molecule has 6 nitrogen and oxygen atoms in total. The van der Waals surface area contributed by atoms with E-state index in [1.54, 1.807) is 11.0 Å². The van der Waals surface area contributed by atoms with Crippen molar-refractivity contribution < 1.29 is 22.8 Å². The number of alkyl halides is 2. The summed E-state index contributed by atoms with van der Waals surface area (Å²) in [5, 5.41) is 2.70. The first kappa shape index (κ1) is 21.1. The van der Waals surface area contributed by atoms with E-state index in [-0.39, 0.29) is 46.5 Å². The van der Waals surface area contributed by atoms with Crippen molar-refractivity contribution in [1.82, 2.24) is 14.8 Å². The van der Waals surface area contributed by atoms with Crippen LogP contribution < -0.4 is 5.32 Å². The molecule has 1 saturated heterocycles. The van der Waals surface area contributed by atoms with E-state index in [9.17, 15) is 22.8 Å². The first-order valence-electron chi connectivity index (χ1n) is 8.89. The number of nitrogens with zero attached hydrogens (tertiary/aromatic N) is 3. The van der Waals surface area contributed by atoms with Gasteiger partial charge in [0.2, 0.25) is 5.91 Å². The fourth-order valence-corrected chi connectivity index (χ4v) is 3.52. The zero-order valence-corrected chi connectivity index (χ0v) is 16.2. The van der Waals surface area contributed by atoms with Gasteiger partial charge < -0.3 is 10.2 Å². The van der Waals surface area contributed by atoms with Gasteiger partial charge in [-0.15, -0.1) is 0 Å². The van der Waals surface area contributed by atoms with Crippen LogP contribution in [0.15, 0.2) is 47.6 Å². The van der Waals surface area contributed by atoms with Crippen molar-refractivity contribution in [3.05, 3.63) is 54.0 Å². The molecule has 0 bridgehead atoms. The lowest BCUT2D eigenvalue weighted by atomic mass is 10.2. The number of aromatic nitrogens is 1. The predicted octanol–water partition coefficient (Wildman–Crippen LogP) is 2.93. The molecule has 1 aromatic carbocycles. The Morgan fingerprint density at radius 1 is 1.10 bits per heavy atom. The lowest BCUT2D eigenvalue weighted by Crippen LogP contribution is -2.50. The van der Waals surface area contributed by atoms with Crippen LogP contribution in [0.5, 0.6) is 0 Å². The fraction of sp³-hybridized carbons (Fsp3) is 0.316. The molecule has 0 unspecified atom stereocenters. The summed E-state index contributed by atoms with van der Waals surface area (Å²) in [4.78, 5) is 32.2. The molecule has 2 amide bonds. The Morgan fingerprint density at radius 3 is 2.45 bits per heavy atom. The SMILES string of the molecule is O=C(CN1CCN(C(=O)c2cccnc2SC(F)F)CC1)Nc1ccc(F)cc1. The second-order valence-corrected chi connectivity index (χ2v) is 7.34. The number of benzene rings is 1. The molecule has 29 heavy (non-hydrogen) atoms. The van der Waals surface area contributed by atoms with Crippen molar-refractivity contribution >= 4 is 29.3 Å². The normalized spacial score (nSPS) is 14.8. The lowest BCUT2D eigenvalue weighted by molar-refractivity contribution is -0.117. The van der Waals surface area contributed by atoms with Gasteiger partial charge in [0.25, 0.3) is 11.7 Å². The van der Waals surface area contributed by atoms with Crippen LogP contribution >= 0.6 is 11.8 Å². The van der Waals surface area contributed by atoms with Gasteiger partial charge in [-0.1, -0.05) is 0 Å². The molecule has 3 rings (SSSR count). The average Bonchev–Trinajstić information content (AvgIpc) is 2.70. The van der Waals surface area contributed by atoms with E-state index in [0.717, 1.165) is 0 Å². The van der Waals surface area contributed by atoms with Crippen LogP contribution in [0.1, 0.15) is 10.4 Å². The topological polar surface area (TPSA) is 65.5 Å². The molecule has 2 aromatic rings. The number of amides is 2. The van der Waals surface area contributed by atoms with Crippen LogP contribution in [-0.4, -0.2) is 65.1 Å². The third kappa shape index (κ3) is 5.94. The summed E-state index contributed by atoms with van der Waals surface area (Å²) in [7, 11) is 0. The van der Waals surface area contributed by atoms with Crippen molar-refractivity contribution in [2.24, 2.45) is 0 Å². The Kier molecular flexibility index (Phi) is 7.10. The van der Waals surface area contributed by atoms with E-state index in [1.165, 1.54) is 36.5 Å². The standard InChI is InChI=1S/C19H19F3N4O2S/c20-13-3-5-14(6-4-13)24-16(27)12-25-8-10-26(11-9-25)18(28)15-2-1-7-23-17(15)29-19(21)22/h1-7,19H,8-12H2,(H,24,27). The van der Waals surface area contributed by atoms with E-state index in [2.05, 4.69) is 10.3 Å². The minimum absolute atomic E-state index is 0.00797. The number of carbonyl (C=O) groups is 2. The van der Waals surface area contributed by atoms with Crippen LogP contribution in [0.3, 0.4) is 0 Å². The molecular weight excluding hydrogens is 405 g/mol. The van der Waals surface area contributed by atoms with Gasteiger partial charge in [-0.25, -0.2) is 9.37 Å². The second kappa shape index (κ2) is 9.75. The molecule has 1 fully saturated rings. The second-order valence-electron chi connectivity index (χ2n) is 6.36. The summed E-state index contributed by atoms with van der Waals surface area (Å²) in [6, 6.07) is 8.51. The maximum Gasteiger partial charge on any atom is 0.290 e. The quantitative estimate of drug-likeness (QED) is 0.723. The summed E-state index contributed by atoms with van der Waals surface area (Å²) in [5.74, 6) is -3.63. The Morgan fingerprint density at radius 2 is 1.79 bits per heavy atom. The van der Waals surface area contributed by atoms with E-state index in [1.807, 2.05) is 4.90 Å². The molecule has 10 heteroatoms. The molecule has 0 saturated carbocycles. The van der Waals surface area contributed by atoms with Gasteiger partial charge in [-0.3, -0.25) is 14.5 Å². The number of hydrogen-bond acceptors (Lipinski definition) is 5. The Labute approximate surface area is 170 Å². The zero-order chi connectivity index (χ0) is 20.8. The molecular formula is C19H19F3N4O2S. The minimum atomic E-state index is -2.66.